The lowest BCUT2D eigenvalue weighted by Gasteiger charge is -2.14. The summed E-state index contributed by atoms with van der Waals surface area (Å²) >= 11 is 0. The Morgan fingerprint density at radius 2 is 2.00 bits per heavy atom. The third kappa shape index (κ3) is 4.27. The number of hydrogen-bond acceptors (Lipinski definition) is 3. The quantitative estimate of drug-likeness (QED) is 0.714. The van der Waals surface area contributed by atoms with Crippen molar-refractivity contribution in [3.63, 3.8) is 0 Å². The molecule has 3 nitrogen and oxygen atoms in total. The maximum Gasteiger partial charge on any atom is 0.142 e. The van der Waals surface area contributed by atoms with Gasteiger partial charge in [0.1, 0.15) is 5.75 Å². The minimum absolute atomic E-state index is 0.530. The van der Waals surface area contributed by atoms with Crippen molar-refractivity contribution in [3.8, 4) is 5.75 Å². The molecule has 0 spiro atoms. The van der Waals surface area contributed by atoms with E-state index in [1.807, 2.05) is 7.05 Å². The van der Waals surface area contributed by atoms with E-state index >= 15 is 0 Å². The van der Waals surface area contributed by atoms with E-state index in [0.29, 0.717) is 5.92 Å². The fourth-order valence-corrected chi connectivity index (χ4v) is 1.70. The number of anilines is 1. The summed E-state index contributed by atoms with van der Waals surface area (Å²) in [4.78, 5) is 0. The molecule has 2 N–H and O–H groups in total. The van der Waals surface area contributed by atoms with Crippen molar-refractivity contribution in [1.82, 2.24) is 5.32 Å². The van der Waals surface area contributed by atoms with Crippen LogP contribution in [0.1, 0.15) is 31.7 Å². The lowest BCUT2D eigenvalue weighted by molar-refractivity contribution is 0.415. The SMILES string of the molecule is CNCCCNc1ccc(C(C)C)cc1OC. The van der Waals surface area contributed by atoms with E-state index in [2.05, 4.69) is 42.7 Å². The normalized spacial score (nSPS) is 10.6. The maximum atomic E-state index is 5.42. The number of nitrogens with one attached hydrogen (secondary N) is 2. The lowest BCUT2D eigenvalue weighted by Crippen LogP contribution is -2.13. The molecule has 0 aliphatic heterocycles. The smallest absolute Gasteiger partial charge is 0.142 e. The molecule has 0 saturated heterocycles. The van der Waals surface area contributed by atoms with Gasteiger partial charge >= 0.3 is 0 Å². The van der Waals surface area contributed by atoms with Crippen LogP contribution in [0.15, 0.2) is 18.2 Å². The molecule has 0 aliphatic carbocycles. The topological polar surface area (TPSA) is 33.3 Å². The van der Waals surface area contributed by atoms with Crippen molar-refractivity contribution in [2.45, 2.75) is 26.2 Å². The Labute approximate surface area is 105 Å². The number of ether oxygens (including phenoxy) is 1. The summed E-state index contributed by atoms with van der Waals surface area (Å²) in [6, 6.07) is 6.38. The summed E-state index contributed by atoms with van der Waals surface area (Å²) < 4.78 is 5.42. The second kappa shape index (κ2) is 7.17. The molecule has 0 fully saturated rings. The molecular formula is C14H24N2O. The van der Waals surface area contributed by atoms with Gasteiger partial charge in [-0.1, -0.05) is 19.9 Å². The van der Waals surface area contributed by atoms with E-state index in [1.54, 1.807) is 7.11 Å². The van der Waals surface area contributed by atoms with Gasteiger partial charge < -0.3 is 15.4 Å². The van der Waals surface area contributed by atoms with E-state index in [9.17, 15) is 0 Å². The molecule has 1 aromatic rings. The van der Waals surface area contributed by atoms with Crippen LogP contribution in [0.25, 0.3) is 0 Å². The zero-order chi connectivity index (χ0) is 12.7. The molecule has 3 heteroatoms. The summed E-state index contributed by atoms with van der Waals surface area (Å²) in [7, 11) is 3.69. The Balaban J connectivity index is 2.65. The van der Waals surface area contributed by atoms with E-state index in [4.69, 9.17) is 4.74 Å². The van der Waals surface area contributed by atoms with Gasteiger partial charge in [0.05, 0.1) is 12.8 Å². The molecule has 0 bridgehead atoms. The van der Waals surface area contributed by atoms with Gasteiger partial charge in [-0.05, 0) is 43.6 Å². The summed E-state index contributed by atoms with van der Waals surface area (Å²) in [5, 5.41) is 6.54. The highest BCUT2D eigenvalue weighted by molar-refractivity contribution is 5.58. The van der Waals surface area contributed by atoms with Crippen molar-refractivity contribution >= 4 is 5.69 Å². The standard InChI is InChI=1S/C14H24N2O/c1-11(2)12-6-7-13(14(10-12)17-4)16-9-5-8-15-3/h6-7,10-11,15-16H,5,8-9H2,1-4H3. The molecule has 96 valence electrons. The van der Waals surface area contributed by atoms with Gasteiger partial charge in [0.2, 0.25) is 0 Å². The average molecular weight is 236 g/mol. The molecule has 1 aromatic carbocycles. The molecular weight excluding hydrogens is 212 g/mol. The lowest BCUT2D eigenvalue weighted by atomic mass is 10.0. The zero-order valence-corrected chi connectivity index (χ0v) is 11.3. The zero-order valence-electron chi connectivity index (χ0n) is 11.3. The second-order valence-electron chi connectivity index (χ2n) is 4.50. The highest BCUT2D eigenvalue weighted by Gasteiger charge is 2.06. The summed E-state index contributed by atoms with van der Waals surface area (Å²) in [6.07, 6.45) is 1.10. The molecule has 0 unspecified atom stereocenters. The van der Waals surface area contributed by atoms with Gasteiger partial charge in [-0.2, -0.15) is 0 Å². The van der Waals surface area contributed by atoms with Crippen molar-refractivity contribution < 1.29 is 4.74 Å². The molecule has 0 atom stereocenters. The number of benzene rings is 1. The van der Waals surface area contributed by atoms with Crippen molar-refractivity contribution in [1.29, 1.82) is 0 Å². The third-order valence-electron chi connectivity index (χ3n) is 2.81. The van der Waals surface area contributed by atoms with Crippen molar-refractivity contribution in [2.24, 2.45) is 0 Å². The van der Waals surface area contributed by atoms with Gasteiger partial charge in [-0.15, -0.1) is 0 Å². The predicted octanol–water partition coefficient (Wildman–Crippen LogP) is 2.84. The fraction of sp³-hybridized carbons (Fsp3) is 0.571. The van der Waals surface area contributed by atoms with Gasteiger partial charge in [-0.25, -0.2) is 0 Å². The maximum absolute atomic E-state index is 5.42. The Bertz CT molecular complexity index is 337. The highest BCUT2D eigenvalue weighted by atomic mass is 16.5. The van der Waals surface area contributed by atoms with Crippen LogP contribution in [0, 0.1) is 0 Å². The van der Waals surface area contributed by atoms with E-state index < -0.39 is 0 Å². The first kappa shape index (κ1) is 13.8. The van der Waals surface area contributed by atoms with Crippen molar-refractivity contribution in [2.75, 3.05) is 32.6 Å². The van der Waals surface area contributed by atoms with Crippen LogP contribution < -0.4 is 15.4 Å². The van der Waals surface area contributed by atoms with Crippen LogP contribution in [-0.4, -0.2) is 27.2 Å². The van der Waals surface area contributed by atoms with E-state index in [1.165, 1.54) is 5.56 Å². The molecule has 1 rings (SSSR count). The summed E-state index contributed by atoms with van der Waals surface area (Å²) in [5.41, 5.74) is 2.38. The van der Waals surface area contributed by atoms with Crippen LogP contribution in [-0.2, 0) is 0 Å². The van der Waals surface area contributed by atoms with Crippen LogP contribution in [0.3, 0.4) is 0 Å². The van der Waals surface area contributed by atoms with Gasteiger partial charge in [0.15, 0.2) is 0 Å². The number of hydrogen-bond donors (Lipinski definition) is 2. The van der Waals surface area contributed by atoms with Gasteiger partial charge in [0, 0.05) is 6.54 Å². The molecule has 0 aromatic heterocycles. The Hall–Kier alpha value is -1.22. The van der Waals surface area contributed by atoms with Crippen LogP contribution in [0.4, 0.5) is 5.69 Å². The first-order valence-corrected chi connectivity index (χ1v) is 6.25. The number of methoxy groups -OCH3 is 1. The molecule has 17 heavy (non-hydrogen) atoms. The number of rotatable bonds is 7. The van der Waals surface area contributed by atoms with Crippen molar-refractivity contribution in [3.05, 3.63) is 23.8 Å². The second-order valence-corrected chi connectivity index (χ2v) is 4.50. The van der Waals surface area contributed by atoms with E-state index in [-0.39, 0.29) is 0 Å². The first-order valence-electron chi connectivity index (χ1n) is 6.25. The predicted molar refractivity (Wildman–Crippen MR) is 74.1 cm³/mol. The minimum atomic E-state index is 0.530. The van der Waals surface area contributed by atoms with Crippen LogP contribution >= 0.6 is 0 Å². The Morgan fingerprint density at radius 3 is 2.59 bits per heavy atom. The minimum Gasteiger partial charge on any atom is -0.495 e. The molecule has 0 amide bonds. The molecule has 0 aliphatic rings. The average Bonchev–Trinajstić information content (AvgIpc) is 2.34. The van der Waals surface area contributed by atoms with Gasteiger partial charge in [-0.3, -0.25) is 0 Å². The molecule has 0 heterocycles. The third-order valence-corrected chi connectivity index (χ3v) is 2.81. The largest absolute Gasteiger partial charge is 0.495 e. The van der Waals surface area contributed by atoms with Gasteiger partial charge in [0.25, 0.3) is 0 Å². The first-order chi connectivity index (χ1) is 8.19. The van der Waals surface area contributed by atoms with Crippen LogP contribution in [0.5, 0.6) is 5.75 Å². The summed E-state index contributed by atoms with van der Waals surface area (Å²) in [5.74, 6) is 1.46. The monoisotopic (exact) mass is 236 g/mol. The fourth-order valence-electron chi connectivity index (χ4n) is 1.70. The molecule has 0 saturated carbocycles. The Morgan fingerprint density at radius 1 is 1.24 bits per heavy atom. The summed E-state index contributed by atoms with van der Waals surface area (Å²) in [6.45, 7) is 6.36. The van der Waals surface area contributed by atoms with E-state index in [0.717, 1.165) is 30.9 Å². The highest BCUT2D eigenvalue weighted by Crippen LogP contribution is 2.28. The Kier molecular flexibility index (Phi) is 5.84. The van der Waals surface area contributed by atoms with Crippen LogP contribution in [0.2, 0.25) is 0 Å². The molecule has 0 radical (unpaired) electrons.